The highest BCUT2D eigenvalue weighted by Crippen LogP contribution is 2.27. The van der Waals surface area contributed by atoms with Crippen LogP contribution in [0.2, 0.25) is 0 Å². The Hall–Kier alpha value is -2.49. The van der Waals surface area contributed by atoms with Crippen molar-refractivity contribution in [2.24, 2.45) is 0 Å². The standard InChI is InChI=1S/C19H21NO3/c1-13(2)14-7-8-16(17(21)11-14)19(22)20-9-3-5-15(12-20)18-6-4-10-23-18/h4-8,10-11,13,21H,3,9,12H2,1-2H3. The van der Waals surface area contributed by atoms with E-state index in [9.17, 15) is 9.90 Å². The first-order valence-electron chi connectivity index (χ1n) is 7.91. The van der Waals surface area contributed by atoms with Gasteiger partial charge >= 0.3 is 0 Å². The number of aromatic hydroxyl groups is 1. The van der Waals surface area contributed by atoms with E-state index >= 15 is 0 Å². The maximum absolute atomic E-state index is 12.7. The fourth-order valence-corrected chi connectivity index (χ4v) is 2.82. The number of nitrogens with zero attached hydrogens (tertiary/aromatic N) is 1. The smallest absolute Gasteiger partial charge is 0.257 e. The third-order valence-electron chi connectivity index (χ3n) is 4.19. The van der Waals surface area contributed by atoms with Crippen molar-refractivity contribution in [1.29, 1.82) is 0 Å². The van der Waals surface area contributed by atoms with Crippen molar-refractivity contribution in [2.45, 2.75) is 26.2 Å². The normalized spacial score (nSPS) is 14.9. The summed E-state index contributed by atoms with van der Waals surface area (Å²) in [5.41, 5.74) is 2.39. The summed E-state index contributed by atoms with van der Waals surface area (Å²) in [4.78, 5) is 14.5. The SMILES string of the molecule is CC(C)c1ccc(C(=O)N2CCC=C(c3ccco3)C2)c(O)c1. The molecule has 1 aliphatic rings. The highest BCUT2D eigenvalue weighted by atomic mass is 16.3. The summed E-state index contributed by atoms with van der Waals surface area (Å²) < 4.78 is 5.42. The number of benzene rings is 1. The lowest BCUT2D eigenvalue weighted by Gasteiger charge is -2.27. The quantitative estimate of drug-likeness (QED) is 0.931. The molecule has 0 atom stereocenters. The van der Waals surface area contributed by atoms with Gasteiger partial charge in [0.1, 0.15) is 11.5 Å². The van der Waals surface area contributed by atoms with Gasteiger partial charge in [-0.05, 0) is 42.2 Å². The molecular formula is C19H21NO3. The molecule has 1 aromatic carbocycles. The summed E-state index contributed by atoms with van der Waals surface area (Å²) in [7, 11) is 0. The van der Waals surface area contributed by atoms with E-state index < -0.39 is 0 Å². The molecule has 120 valence electrons. The van der Waals surface area contributed by atoms with Gasteiger partial charge in [-0.2, -0.15) is 0 Å². The summed E-state index contributed by atoms with van der Waals surface area (Å²) in [5.74, 6) is 1.01. The molecule has 1 aliphatic heterocycles. The van der Waals surface area contributed by atoms with E-state index in [4.69, 9.17) is 4.42 Å². The third-order valence-corrected chi connectivity index (χ3v) is 4.19. The minimum atomic E-state index is -0.144. The van der Waals surface area contributed by atoms with Gasteiger partial charge in [-0.1, -0.05) is 26.0 Å². The van der Waals surface area contributed by atoms with Crippen LogP contribution in [-0.4, -0.2) is 29.0 Å². The molecule has 1 amide bonds. The van der Waals surface area contributed by atoms with Gasteiger partial charge in [0.05, 0.1) is 11.8 Å². The molecule has 2 aromatic rings. The van der Waals surface area contributed by atoms with Gasteiger partial charge in [-0.3, -0.25) is 4.79 Å². The zero-order chi connectivity index (χ0) is 16.4. The Morgan fingerprint density at radius 1 is 1.30 bits per heavy atom. The van der Waals surface area contributed by atoms with E-state index in [-0.39, 0.29) is 11.7 Å². The first-order chi connectivity index (χ1) is 11.1. The van der Waals surface area contributed by atoms with E-state index in [1.54, 1.807) is 23.3 Å². The second-order valence-corrected chi connectivity index (χ2v) is 6.15. The molecule has 0 bridgehead atoms. The van der Waals surface area contributed by atoms with Crippen LogP contribution in [0.15, 0.2) is 47.1 Å². The third kappa shape index (κ3) is 3.16. The van der Waals surface area contributed by atoms with E-state index in [0.717, 1.165) is 23.3 Å². The number of carbonyl (C=O) groups excluding carboxylic acids is 1. The van der Waals surface area contributed by atoms with E-state index in [1.807, 2.05) is 18.2 Å². The number of amides is 1. The minimum absolute atomic E-state index is 0.0512. The zero-order valence-corrected chi connectivity index (χ0v) is 13.5. The number of rotatable bonds is 3. The predicted octanol–water partition coefficient (Wildman–Crippen LogP) is 4.04. The van der Waals surface area contributed by atoms with Gasteiger partial charge in [-0.15, -0.1) is 0 Å². The summed E-state index contributed by atoms with van der Waals surface area (Å²) >= 11 is 0. The summed E-state index contributed by atoms with van der Waals surface area (Å²) in [6.45, 7) is 5.26. The van der Waals surface area contributed by atoms with Crippen LogP contribution < -0.4 is 0 Å². The number of hydrogen-bond donors (Lipinski definition) is 1. The molecule has 1 N–H and O–H groups in total. The first-order valence-corrected chi connectivity index (χ1v) is 7.91. The van der Waals surface area contributed by atoms with E-state index in [2.05, 4.69) is 19.9 Å². The van der Waals surface area contributed by atoms with Gasteiger partial charge in [0, 0.05) is 18.7 Å². The van der Waals surface area contributed by atoms with Crippen LogP contribution in [0.5, 0.6) is 5.75 Å². The monoisotopic (exact) mass is 311 g/mol. The molecule has 0 unspecified atom stereocenters. The van der Waals surface area contributed by atoms with Crippen molar-refractivity contribution in [3.63, 3.8) is 0 Å². The number of carbonyl (C=O) groups is 1. The zero-order valence-electron chi connectivity index (χ0n) is 13.5. The Morgan fingerprint density at radius 2 is 2.13 bits per heavy atom. The van der Waals surface area contributed by atoms with Crippen LogP contribution in [0.1, 0.15) is 47.9 Å². The molecule has 3 rings (SSSR count). The Balaban J connectivity index is 1.80. The molecular weight excluding hydrogens is 290 g/mol. The maximum Gasteiger partial charge on any atom is 0.257 e. The fourth-order valence-electron chi connectivity index (χ4n) is 2.82. The topological polar surface area (TPSA) is 53.7 Å². The molecule has 2 heterocycles. The lowest BCUT2D eigenvalue weighted by Crippen LogP contribution is -2.35. The van der Waals surface area contributed by atoms with Crippen LogP contribution in [-0.2, 0) is 0 Å². The van der Waals surface area contributed by atoms with Gasteiger partial charge < -0.3 is 14.4 Å². The molecule has 0 spiro atoms. The van der Waals surface area contributed by atoms with E-state index in [1.165, 1.54) is 0 Å². The molecule has 4 nitrogen and oxygen atoms in total. The Bertz CT molecular complexity index is 729. The molecule has 0 saturated heterocycles. The van der Waals surface area contributed by atoms with Crippen molar-refractivity contribution in [3.05, 3.63) is 59.6 Å². The summed E-state index contributed by atoms with van der Waals surface area (Å²) in [6.07, 6.45) is 4.52. The molecule has 0 aliphatic carbocycles. The molecule has 4 heteroatoms. The highest BCUT2D eigenvalue weighted by molar-refractivity contribution is 5.97. The Morgan fingerprint density at radius 3 is 2.78 bits per heavy atom. The minimum Gasteiger partial charge on any atom is -0.507 e. The van der Waals surface area contributed by atoms with Gasteiger partial charge in [0.25, 0.3) is 5.91 Å². The number of phenols is 1. The van der Waals surface area contributed by atoms with Crippen molar-refractivity contribution in [1.82, 2.24) is 4.90 Å². The molecule has 1 aromatic heterocycles. The van der Waals surface area contributed by atoms with Crippen LogP contribution in [0.4, 0.5) is 0 Å². The van der Waals surface area contributed by atoms with Crippen LogP contribution >= 0.6 is 0 Å². The largest absolute Gasteiger partial charge is 0.507 e. The molecule has 23 heavy (non-hydrogen) atoms. The predicted molar refractivity (Wildman–Crippen MR) is 89.4 cm³/mol. The second kappa shape index (κ2) is 6.32. The van der Waals surface area contributed by atoms with Crippen LogP contribution in [0.3, 0.4) is 0 Å². The van der Waals surface area contributed by atoms with Crippen molar-refractivity contribution < 1.29 is 14.3 Å². The van der Waals surface area contributed by atoms with Crippen LogP contribution in [0, 0.1) is 0 Å². The Kier molecular flexibility index (Phi) is 4.24. The van der Waals surface area contributed by atoms with Crippen LogP contribution in [0.25, 0.3) is 5.57 Å². The van der Waals surface area contributed by atoms with Gasteiger partial charge in [0.15, 0.2) is 0 Å². The van der Waals surface area contributed by atoms with Gasteiger partial charge in [0.2, 0.25) is 0 Å². The average Bonchev–Trinajstić information content (AvgIpc) is 3.08. The fraction of sp³-hybridized carbons (Fsp3) is 0.316. The van der Waals surface area contributed by atoms with E-state index in [0.29, 0.717) is 24.6 Å². The number of phenolic OH excluding ortho intramolecular Hbond substituents is 1. The first kappa shape index (κ1) is 15.4. The molecule has 0 radical (unpaired) electrons. The van der Waals surface area contributed by atoms with Gasteiger partial charge in [-0.25, -0.2) is 0 Å². The second-order valence-electron chi connectivity index (χ2n) is 6.15. The van der Waals surface area contributed by atoms with Crippen molar-refractivity contribution >= 4 is 11.5 Å². The van der Waals surface area contributed by atoms with Crippen molar-refractivity contribution in [2.75, 3.05) is 13.1 Å². The lowest BCUT2D eigenvalue weighted by molar-refractivity contribution is 0.0771. The highest BCUT2D eigenvalue weighted by Gasteiger charge is 2.23. The average molecular weight is 311 g/mol. The maximum atomic E-state index is 12.7. The summed E-state index contributed by atoms with van der Waals surface area (Å²) in [5, 5.41) is 10.2. The van der Waals surface area contributed by atoms with Crippen molar-refractivity contribution in [3.8, 4) is 5.75 Å². The number of furan rings is 1. The number of hydrogen-bond acceptors (Lipinski definition) is 3. The summed E-state index contributed by atoms with van der Waals surface area (Å²) in [6, 6.07) is 9.05. The lowest BCUT2D eigenvalue weighted by atomic mass is 10.00. The molecule has 0 saturated carbocycles. The molecule has 0 fully saturated rings. The Labute approximate surface area is 136 Å².